The molecular weight excluding hydrogens is 170 g/mol. The Labute approximate surface area is 86.3 Å². The summed E-state index contributed by atoms with van der Waals surface area (Å²) in [5.74, 6) is 1.47. The zero-order valence-corrected chi connectivity index (χ0v) is 8.87. The molecule has 0 aliphatic heterocycles. The van der Waals surface area contributed by atoms with Gasteiger partial charge in [-0.25, -0.2) is 0 Å². The van der Waals surface area contributed by atoms with E-state index in [4.69, 9.17) is 5.73 Å². The van der Waals surface area contributed by atoms with Gasteiger partial charge in [0.1, 0.15) is 0 Å². The van der Waals surface area contributed by atoms with Crippen molar-refractivity contribution < 1.29 is 0 Å². The minimum absolute atomic E-state index is 0.670. The number of hydrogen-bond donors (Lipinski definition) is 1. The fourth-order valence-corrected chi connectivity index (χ4v) is 2.40. The van der Waals surface area contributed by atoms with Crippen molar-refractivity contribution >= 4 is 0 Å². The van der Waals surface area contributed by atoms with Crippen molar-refractivity contribution in [2.75, 3.05) is 6.54 Å². The van der Waals surface area contributed by atoms with Gasteiger partial charge in [0.05, 0.1) is 0 Å². The molecule has 0 spiro atoms. The number of rotatable bonds is 2. The Morgan fingerprint density at radius 3 is 2.79 bits per heavy atom. The quantitative estimate of drug-likeness (QED) is 0.759. The summed E-state index contributed by atoms with van der Waals surface area (Å²) in [7, 11) is 0. The predicted molar refractivity (Wildman–Crippen MR) is 60.2 cm³/mol. The summed E-state index contributed by atoms with van der Waals surface area (Å²) in [6, 6.07) is 8.82. The highest BCUT2D eigenvalue weighted by atomic mass is 14.5. The molecule has 14 heavy (non-hydrogen) atoms. The van der Waals surface area contributed by atoms with Crippen LogP contribution in [-0.2, 0) is 12.8 Å². The highest BCUT2D eigenvalue weighted by Gasteiger charge is 2.21. The number of hydrogen-bond acceptors (Lipinski definition) is 1. The zero-order chi connectivity index (χ0) is 9.97. The van der Waals surface area contributed by atoms with Gasteiger partial charge in [-0.15, -0.1) is 0 Å². The van der Waals surface area contributed by atoms with Crippen LogP contribution < -0.4 is 5.73 Å². The van der Waals surface area contributed by atoms with Crippen LogP contribution in [0.4, 0.5) is 0 Å². The maximum Gasteiger partial charge on any atom is -0.00487 e. The molecule has 0 saturated heterocycles. The van der Waals surface area contributed by atoms with E-state index in [0.29, 0.717) is 5.92 Å². The average molecular weight is 189 g/mol. The summed E-state index contributed by atoms with van der Waals surface area (Å²) in [5, 5.41) is 0. The maximum atomic E-state index is 5.72. The Morgan fingerprint density at radius 2 is 2.07 bits per heavy atom. The Balaban J connectivity index is 2.13. The molecule has 0 heterocycles. The lowest BCUT2D eigenvalue weighted by atomic mass is 9.78. The molecule has 0 amide bonds. The Hall–Kier alpha value is -0.820. The van der Waals surface area contributed by atoms with Crippen LogP contribution in [0.1, 0.15) is 24.5 Å². The first kappa shape index (κ1) is 9.72. The van der Waals surface area contributed by atoms with Gasteiger partial charge in [-0.3, -0.25) is 0 Å². The van der Waals surface area contributed by atoms with Gasteiger partial charge in [0.2, 0.25) is 0 Å². The lowest BCUT2D eigenvalue weighted by Crippen LogP contribution is -2.26. The summed E-state index contributed by atoms with van der Waals surface area (Å²) in [6.07, 6.45) is 3.79. The summed E-state index contributed by atoms with van der Waals surface area (Å²) in [6.45, 7) is 3.10. The van der Waals surface area contributed by atoms with E-state index in [1.165, 1.54) is 19.3 Å². The molecule has 1 aliphatic rings. The Morgan fingerprint density at radius 1 is 1.36 bits per heavy atom. The van der Waals surface area contributed by atoms with E-state index in [-0.39, 0.29) is 0 Å². The van der Waals surface area contributed by atoms with Crippen LogP contribution >= 0.6 is 0 Å². The molecule has 2 unspecified atom stereocenters. The van der Waals surface area contributed by atoms with Gasteiger partial charge in [-0.2, -0.15) is 0 Å². The molecule has 2 atom stereocenters. The third-order valence-electron chi connectivity index (χ3n) is 3.56. The van der Waals surface area contributed by atoms with Crippen molar-refractivity contribution in [3.8, 4) is 0 Å². The number of nitrogens with two attached hydrogens (primary N) is 1. The SMILES string of the molecule is CC(CN)C1CCc2ccccc2C1. The summed E-state index contributed by atoms with van der Waals surface area (Å²) in [4.78, 5) is 0. The lowest BCUT2D eigenvalue weighted by Gasteiger charge is -2.28. The number of benzene rings is 1. The third-order valence-corrected chi connectivity index (χ3v) is 3.56. The molecular formula is C13H19N. The van der Waals surface area contributed by atoms with E-state index in [1.54, 1.807) is 11.1 Å². The van der Waals surface area contributed by atoms with E-state index in [1.807, 2.05) is 0 Å². The van der Waals surface area contributed by atoms with Crippen molar-refractivity contribution in [3.63, 3.8) is 0 Å². The maximum absolute atomic E-state index is 5.72. The molecule has 1 heteroatoms. The van der Waals surface area contributed by atoms with Crippen LogP contribution in [0, 0.1) is 11.8 Å². The first-order chi connectivity index (χ1) is 6.81. The van der Waals surface area contributed by atoms with Gasteiger partial charge in [0.15, 0.2) is 0 Å². The van der Waals surface area contributed by atoms with Gasteiger partial charge in [0.25, 0.3) is 0 Å². The smallest absolute Gasteiger partial charge is 0.00487 e. The lowest BCUT2D eigenvalue weighted by molar-refractivity contribution is 0.327. The van der Waals surface area contributed by atoms with E-state index < -0.39 is 0 Å². The highest BCUT2D eigenvalue weighted by molar-refractivity contribution is 5.29. The Kier molecular flexibility index (Phi) is 2.87. The summed E-state index contributed by atoms with van der Waals surface area (Å²) >= 11 is 0. The molecule has 1 aromatic carbocycles. The first-order valence-electron chi connectivity index (χ1n) is 5.58. The molecule has 0 fully saturated rings. The van der Waals surface area contributed by atoms with Crippen LogP contribution in [0.5, 0.6) is 0 Å². The van der Waals surface area contributed by atoms with Gasteiger partial charge in [-0.05, 0) is 48.8 Å². The summed E-state index contributed by atoms with van der Waals surface area (Å²) in [5.41, 5.74) is 8.82. The third kappa shape index (κ3) is 1.83. The average Bonchev–Trinajstić information content (AvgIpc) is 2.27. The molecule has 2 rings (SSSR count). The summed E-state index contributed by atoms with van der Waals surface area (Å²) < 4.78 is 0. The van der Waals surface area contributed by atoms with Crippen LogP contribution in [0.25, 0.3) is 0 Å². The van der Waals surface area contributed by atoms with E-state index in [9.17, 15) is 0 Å². The largest absolute Gasteiger partial charge is 0.330 e. The van der Waals surface area contributed by atoms with E-state index in [0.717, 1.165) is 12.5 Å². The molecule has 2 N–H and O–H groups in total. The van der Waals surface area contributed by atoms with Crippen molar-refractivity contribution in [1.29, 1.82) is 0 Å². The van der Waals surface area contributed by atoms with Gasteiger partial charge < -0.3 is 5.73 Å². The second-order valence-corrected chi connectivity index (χ2v) is 4.48. The molecule has 1 aliphatic carbocycles. The standard InChI is InChI=1S/C13H19N/c1-10(9-14)12-7-6-11-4-2-3-5-13(11)8-12/h2-5,10,12H,6-9,14H2,1H3. The minimum Gasteiger partial charge on any atom is -0.330 e. The van der Waals surface area contributed by atoms with Crippen LogP contribution in [0.3, 0.4) is 0 Å². The van der Waals surface area contributed by atoms with Gasteiger partial charge in [0, 0.05) is 0 Å². The van der Waals surface area contributed by atoms with Crippen molar-refractivity contribution in [2.45, 2.75) is 26.2 Å². The van der Waals surface area contributed by atoms with E-state index in [2.05, 4.69) is 31.2 Å². The second-order valence-electron chi connectivity index (χ2n) is 4.48. The number of fused-ring (bicyclic) bond motifs is 1. The minimum atomic E-state index is 0.670. The first-order valence-corrected chi connectivity index (χ1v) is 5.58. The van der Waals surface area contributed by atoms with E-state index >= 15 is 0 Å². The normalized spacial score (nSPS) is 22.9. The topological polar surface area (TPSA) is 26.0 Å². The molecule has 76 valence electrons. The van der Waals surface area contributed by atoms with Crippen LogP contribution in [0.2, 0.25) is 0 Å². The van der Waals surface area contributed by atoms with Crippen molar-refractivity contribution in [1.82, 2.24) is 0 Å². The molecule has 0 aromatic heterocycles. The van der Waals surface area contributed by atoms with Crippen molar-refractivity contribution in [2.24, 2.45) is 17.6 Å². The molecule has 1 aromatic rings. The van der Waals surface area contributed by atoms with Crippen LogP contribution in [0.15, 0.2) is 24.3 Å². The monoisotopic (exact) mass is 189 g/mol. The van der Waals surface area contributed by atoms with Gasteiger partial charge >= 0.3 is 0 Å². The molecule has 0 radical (unpaired) electrons. The molecule has 0 saturated carbocycles. The fourth-order valence-electron chi connectivity index (χ4n) is 2.40. The van der Waals surface area contributed by atoms with Crippen molar-refractivity contribution in [3.05, 3.63) is 35.4 Å². The van der Waals surface area contributed by atoms with Crippen LogP contribution in [-0.4, -0.2) is 6.54 Å². The zero-order valence-electron chi connectivity index (χ0n) is 8.87. The Bertz CT molecular complexity index is 306. The second kappa shape index (κ2) is 4.14. The highest BCUT2D eigenvalue weighted by Crippen LogP contribution is 2.29. The molecule has 0 bridgehead atoms. The number of aryl methyl sites for hydroxylation is 1. The molecule has 1 nitrogen and oxygen atoms in total. The predicted octanol–water partition coefficient (Wildman–Crippen LogP) is 2.39. The van der Waals surface area contributed by atoms with Gasteiger partial charge in [-0.1, -0.05) is 31.2 Å². The fraction of sp³-hybridized carbons (Fsp3) is 0.538.